The fourth-order valence-electron chi connectivity index (χ4n) is 2.21. The highest BCUT2D eigenvalue weighted by Gasteiger charge is 2.22. The maximum Gasteiger partial charge on any atom is 0.404 e. The van der Waals surface area contributed by atoms with Crippen LogP contribution in [0.15, 0.2) is 23.8 Å². The Morgan fingerprint density at radius 3 is 2.70 bits per heavy atom. The van der Waals surface area contributed by atoms with Gasteiger partial charge < -0.3 is 20.8 Å². The molecule has 0 saturated carbocycles. The summed E-state index contributed by atoms with van der Waals surface area (Å²) in [5, 5.41) is 24.7. The second-order valence-electron chi connectivity index (χ2n) is 5.67. The molecule has 4 N–H and O–H groups in total. The number of nitrogens with one attached hydrogen (secondary N) is 2. The second-order valence-corrected chi connectivity index (χ2v) is 5.67. The van der Waals surface area contributed by atoms with Gasteiger partial charge in [-0.05, 0) is 31.7 Å². The van der Waals surface area contributed by atoms with Crippen LogP contribution in [0.3, 0.4) is 0 Å². The Morgan fingerprint density at radius 2 is 2.15 bits per heavy atom. The molecule has 1 aliphatic rings. The van der Waals surface area contributed by atoms with Crippen LogP contribution in [0.1, 0.15) is 33.1 Å². The number of aliphatic hydroxyl groups is 1. The highest BCUT2D eigenvalue weighted by atomic mass is 16.4. The number of carbonyl (C=O) groups is 1. The van der Waals surface area contributed by atoms with Crippen LogP contribution in [0.2, 0.25) is 0 Å². The lowest BCUT2D eigenvalue weighted by molar-refractivity contribution is 0.117. The summed E-state index contributed by atoms with van der Waals surface area (Å²) >= 11 is 0. The summed E-state index contributed by atoms with van der Waals surface area (Å²) in [4.78, 5) is 10.9. The molecule has 0 aromatic rings. The van der Waals surface area contributed by atoms with Gasteiger partial charge in [0.25, 0.3) is 0 Å². The third-order valence-electron chi connectivity index (χ3n) is 3.26. The van der Waals surface area contributed by atoms with Crippen LogP contribution in [0.25, 0.3) is 0 Å². The number of rotatable bonds is 8. The number of hydrogen-bond donors (Lipinski definition) is 4. The van der Waals surface area contributed by atoms with Gasteiger partial charge in [-0.2, -0.15) is 0 Å². The van der Waals surface area contributed by atoms with E-state index in [0.717, 1.165) is 19.4 Å². The number of amides is 1. The van der Waals surface area contributed by atoms with Crippen molar-refractivity contribution in [1.29, 1.82) is 0 Å². The van der Waals surface area contributed by atoms with Gasteiger partial charge in [-0.25, -0.2) is 4.79 Å². The second kappa shape index (κ2) is 8.76. The van der Waals surface area contributed by atoms with Gasteiger partial charge in [-0.15, -0.1) is 0 Å². The van der Waals surface area contributed by atoms with Gasteiger partial charge in [0.05, 0.1) is 12.1 Å². The number of allylic oxidation sites excluding steroid dienone is 3. The minimum Gasteiger partial charge on any atom is -0.465 e. The first-order valence-electron chi connectivity index (χ1n) is 7.22. The first kappa shape index (κ1) is 16.7. The quantitative estimate of drug-likeness (QED) is 0.548. The molecule has 114 valence electrons. The zero-order valence-electron chi connectivity index (χ0n) is 12.3. The summed E-state index contributed by atoms with van der Waals surface area (Å²) in [5.41, 5.74) is 1.18. The zero-order valence-corrected chi connectivity index (χ0v) is 12.3. The van der Waals surface area contributed by atoms with Crippen LogP contribution in [0.5, 0.6) is 0 Å². The highest BCUT2D eigenvalue weighted by molar-refractivity contribution is 5.65. The molecule has 0 saturated heterocycles. The lowest BCUT2D eigenvalue weighted by Gasteiger charge is -2.25. The van der Waals surface area contributed by atoms with Crippen LogP contribution in [0, 0.1) is 5.92 Å². The maximum absolute atomic E-state index is 10.9. The van der Waals surface area contributed by atoms with Crippen LogP contribution >= 0.6 is 0 Å². The maximum atomic E-state index is 10.9. The molecule has 0 radical (unpaired) electrons. The number of hydrogen-bond acceptors (Lipinski definition) is 3. The SMILES string of the molecule is CC(C)CNC[C@@H](O)[C@H](CC1=CC=CCC1)NC(=O)O. The van der Waals surface area contributed by atoms with E-state index < -0.39 is 18.2 Å². The Hall–Kier alpha value is -1.33. The van der Waals surface area contributed by atoms with Gasteiger partial charge in [0.15, 0.2) is 0 Å². The third kappa shape index (κ3) is 6.73. The molecule has 0 unspecified atom stereocenters. The molecule has 0 bridgehead atoms. The van der Waals surface area contributed by atoms with Crippen molar-refractivity contribution in [3.63, 3.8) is 0 Å². The zero-order chi connectivity index (χ0) is 15.0. The number of aliphatic hydroxyl groups excluding tert-OH is 1. The van der Waals surface area contributed by atoms with Crippen LogP contribution in [-0.4, -0.2) is 41.5 Å². The molecule has 1 rings (SSSR count). The van der Waals surface area contributed by atoms with Crippen molar-refractivity contribution >= 4 is 6.09 Å². The molecular formula is C15H26N2O3. The van der Waals surface area contributed by atoms with Gasteiger partial charge in [0.1, 0.15) is 0 Å². The van der Waals surface area contributed by atoms with E-state index >= 15 is 0 Å². The third-order valence-corrected chi connectivity index (χ3v) is 3.26. The first-order chi connectivity index (χ1) is 9.49. The molecule has 1 aliphatic carbocycles. The van der Waals surface area contributed by atoms with E-state index in [1.807, 2.05) is 12.2 Å². The molecule has 20 heavy (non-hydrogen) atoms. The molecule has 0 fully saturated rings. The minimum absolute atomic E-state index is 0.395. The normalized spacial score (nSPS) is 17.7. The van der Waals surface area contributed by atoms with E-state index in [2.05, 4.69) is 30.6 Å². The van der Waals surface area contributed by atoms with Crippen LogP contribution in [0.4, 0.5) is 4.79 Å². The van der Waals surface area contributed by atoms with Gasteiger partial charge in [-0.3, -0.25) is 0 Å². The van der Waals surface area contributed by atoms with Gasteiger partial charge in [0, 0.05) is 6.54 Å². The largest absolute Gasteiger partial charge is 0.465 e. The molecule has 0 aliphatic heterocycles. The number of carboxylic acid groups (broad SMARTS) is 1. The van der Waals surface area contributed by atoms with Crippen molar-refractivity contribution in [2.24, 2.45) is 5.92 Å². The van der Waals surface area contributed by atoms with Crippen molar-refractivity contribution in [3.8, 4) is 0 Å². The summed E-state index contributed by atoms with van der Waals surface area (Å²) in [6, 6.07) is -0.468. The van der Waals surface area contributed by atoms with E-state index in [9.17, 15) is 9.90 Å². The standard InChI is InChI=1S/C15H26N2O3/c1-11(2)9-16-10-14(18)13(17-15(19)20)8-12-6-4-3-5-7-12/h3-4,6,11,13-14,16-18H,5,7-10H2,1-2H3,(H,19,20)/t13-,14+/m0/s1. The minimum atomic E-state index is -1.09. The monoisotopic (exact) mass is 282 g/mol. The molecule has 0 spiro atoms. The van der Waals surface area contributed by atoms with Crippen molar-refractivity contribution in [2.45, 2.75) is 45.3 Å². The summed E-state index contributed by atoms with van der Waals surface area (Å²) in [6.07, 6.45) is 6.73. The van der Waals surface area contributed by atoms with Gasteiger partial charge >= 0.3 is 6.09 Å². The predicted octanol–water partition coefficient (Wildman–Crippen LogP) is 1.90. The van der Waals surface area contributed by atoms with Crippen molar-refractivity contribution in [2.75, 3.05) is 13.1 Å². The Kier molecular flexibility index (Phi) is 7.33. The molecule has 0 heterocycles. The van der Waals surface area contributed by atoms with E-state index in [1.165, 1.54) is 5.57 Å². The van der Waals surface area contributed by atoms with Gasteiger partial charge in [0.2, 0.25) is 0 Å². The molecule has 2 atom stereocenters. The summed E-state index contributed by atoms with van der Waals surface area (Å²) in [7, 11) is 0. The van der Waals surface area contributed by atoms with E-state index in [4.69, 9.17) is 5.11 Å². The smallest absolute Gasteiger partial charge is 0.404 e. The van der Waals surface area contributed by atoms with Crippen molar-refractivity contribution in [3.05, 3.63) is 23.8 Å². The molecule has 0 aromatic heterocycles. The lowest BCUT2D eigenvalue weighted by atomic mass is 9.95. The van der Waals surface area contributed by atoms with E-state index in [-0.39, 0.29) is 0 Å². The first-order valence-corrected chi connectivity index (χ1v) is 7.22. The Labute approximate surface area is 120 Å². The Balaban J connectivity index is 2.51. The summed E-state index contributed by atoms with van der Waals surface area (Å²) < 4.78 is 0. The van der Waals surface area contributed by atoms with Gasteiger partial charge in [-0.1, -0.05) is 37.6 Å². The molecule has 5 nitrogen and oxygen atoms in total. The van der Waals surface area contributed by atoms with Crippen LogP contribution < -0.4 is 10.6 Å². The fourth-order valence-corrected chi connectivity index (χ4v) is 2.21. The predicted molar refractivity (Wildman–Crippen MR) is 79.7 cm³/mol. The molecule has 0 aromatic carbocycles. The molecule has 5 heteroatoms. The van der Waals surface area contributed by atoms with E-state index in [0.29, 0.717) is 18.9 Å². The molecular weight excluding hydrogens is 256 g/mol. The topological polar surface area (TPSA) is 81.6 Å². The van der Waals surface area contributed by atoms with E-state index in [1.54, 1.807) is 0 Å². The fraction of sp³-hybridized carbons (Fsp3) is 0.667. The Morgan fingerprint density at radius 1 is 1.40 bits per heavy atom. The lowest BCUT2D eigenvalue weighted by Crippen LogP contribution is -2.47. The highest BCUT2D eigenvalue weighted by Crippen LogP contribution is 2.18. The van der Waals surface area contributed by atoms with Crippen LogP contribution in [-0.2, 0) is 0 Å². The summed E-state index contributed by atoms with van der Waals surface area (Å²) in [6.45, 7) is 5.38. The summed E-state index contributed by atoms with van der Waals surface area (Å²) in [5.74, 6) is 0.499. The Bertz CT molecular complexity index is 364. The molecule has 1 amide bonds. The average Bonchev–Trinajstić information content (AvgIpc) is 2.38. The van der Waals surface area contributed by atoms with Crippen molar-refractivity contribution < 1.29 is 15.0 Å². The average molecular weight is 282 g/mol. The van der Waals surface area contributed by atoms with Crippen molar-refractivity contribution in [1.82, 2.24) is 10.6 Å².